The molecule has 2 atom stereocenters. The minimum Gasteiger partial charge on any atom is -0.348 e. The molecule has 0 spiro atoms. The monoisotopic (exact) mass is 199 g/mol. The molecule has 1 rings (SSSR count). The fourth-order valence-corrected chi connectivity index (χ4v) is 1.90. The smallest absolute Gasteiger partial charge is 0.323 e. The van der Waals surface area contributed by atoms with Crippen LogP contribution in [0.1, 0.15) is 26.2 Å². The average Bonchev–Trinajstić information content (AvgIpc) is 2.59. The van der Waals surface area contributed by atoms with Crippen molar-refractivity contribution < 1.29 is 9.59 Å². The Kier molecular flexibility index (Phi) is 3.88. The van der Waals surface area contributed by atoms with Gasteiger partial charge >= 0.3 is 11.8 Å². The van der Waals surface area contributed by atoms with Crippen LogP contribution in [-0.4, -0.2) is 18.4 Å². The maximum absolute atomic E-state index is 11.0. The maximum atomic E-state index is 11.0. The third-order valence-corrected chi connectivity index (χ3v) is 2.90. The topological polar surface area (TPSA) is 84.2 Å². The Morgan fingerprint density at radius 2 is 2.07 bits per heavy atom. The van der Waals surface area contributed by atoms with Gasteiger partial charge in [0.25, 0.3) is 0 Å². The van der Waals surface area contributed by atoms with Gasteiger partial charge in [-0.15, -0.1) is 0 Å². The van der Waals surface area contributed by atoms with Gasteiger partial charge in [0.1, 0.15) is 0 Å². The normalized spacial score (nSPS) is 25.9. The summed E-state index contributed by atoms with van der Waals surface area (Å²) in [6.07, 6.45) is 3.56. The summed E-state index contributed by atoms with van der Waals surface area (Å²) >= 11 is 0. The first-order chi connectivity index (χ1) is 6.65. The second-order valence-corrected chi connectivity index (χ2v) is 3.85. The SMILES string of the molecule is CC1CCCC1CNC(=O)C(=O)NN. The van der Waals surface area contributed by atoms with Crippen molar-refractivity contribution >= 4 is 11.8 Å². The molecule has 0 saturated heterocycles. The van der Waals surface area contributed by atoms with E-state index < -0.39 is 11.8 Å². The number of hydrogen-bond acceptors (Lipinski definition) is 3. The fraction of sp³-hybridized carbons (Fsp3) is 0.778. The van der Waals surface area contributed by atoms with Crippen molar-refractivity contribution in [3.8, 4) is 0 Å². The lowest BCUT2D eigenvalue weighted by Gasteiger charge is -2.15. The molecule has 5 nitrogen and oxygen atoms in total. The first-order valence-electron chi connectivity index (χ1n) is 4.94. The van der Waals surface area contributed by atoms with E-state index in [4.69, 9.17) is 5.84 Å². The number of carbonyl (C=O) groups is 2. The Morgan fingerprint density at radius 3 is 2.57 bits per heavy atom. The van der Waals surface area contributed by atoms with Gasteiger partial charge in [-0.25, -0.2) is 5.84 Å². The van der Waals surface area contributed by atoms with E-state index in [9.17, 15) is 9.59 Å². The largest absolute Gasteiger partial charge is 0.348 e. The van der Waals surface area contributed by atoms with Crippen LogP contribution in [0.5, 0.6) is 0 Å². The van der Waals surface area contributed by atoms with Crippen molar-refractivity contribution in [1.82, 2.24) is 10.7 Å². The van der Waals surface area contributed by atoms with E-state index in [2.05, 4.69) is 12.2 Å². The number of hydrogen-bond donors (Lipinski definition) is 3. The Labute approximate surface area is 83.4 Å². The van der Waals surface area contributed by atoms with Crippen LogP contribution in [0.2, 0.25) is 0 Å². The number of amides is 2. The summed E-state index contributed by atoms with van der Waals surface area (Å²) in [6, 6.07) is 0. The van der Waals surface area contributed by atoms with Crippen LogP contribution in [0, 0.1) is 11.8 Å². The van der Waals surface area contributed by atoms with Crippen LogP contribution in [0.15, 0.2) is 0 Å². The third-order valence-electron chi connectivity index (χ3n) is 2.90. The van der Waals surface area contributed by atoms with Gasteiger partial charge in [0, 0.05) is 6.54 Å². The van der Waals surface area contributed by atoms with E-state index in [1.165, 1.54) is 12.8 Å². The fourth-order valence-electron chi connectivity index (χ4n) is 1.90. The summed E-state index contributed by atoms with van der Waals surface area (Å²) < 4.78 is 0. The molecule has 0 aromatic heterocycles. The molecule has 5 heteroatoms. The Bertz CT molecular complexity index is 230. The molecule has 2 amide bonds. The molecule has 1 aliphatic rings. The summed E-state index contributed by atoms with van der Waals surface area (Å²) in [4.78, 5) is 21.8. The number of carbonyl (C=O) groups excluding carboxylic acids is 2. The summed E-state index contributed by atoms with van der Waals surface area (Å²) in [5.41, 5.74) is 1.80. The van der Waals surface area contributed by atoms with E-state index in [1.807, 2.05) is 0 Å². The zero-order valence-corrected chi connectivity index (χ0v) is 8.38. The van der Waals surface area contributed by atoms with E-state index in [0.29, 0.717) is 18.4 Å². The van der Waals surface area contributed by atoms with Crippen molar-refractivity contribution in [3.63, 3.8) is 0 Å². The molecular formula is C9H17N3O2. The van der Waals surface area contributed by atoms with Crippen LogP contribution in [-0.2, 0) is 9.59 Å². The Hall–Kier alpha value is -1.10. The van der Waals surface area contributed by atoms with Gasteiger partial charge in [0.05, 0.1) is 0 Å². The average molecular weight is 199 g/mol. The molecule has 4 N–H and O–H groups in total. The minimum atomic E-state index is -0.782. The van der Waals surface area contributed by atoms with Gasteiger partial charge in [-0.05, 0) is 18.3 Å². The standard InChI is InChI=1S/C9H17N3O2/c1-6-3-2-4-7(6)5-11-8(13)9(14)12-10/h6-7H,2-5,10H2,1H3,(H,11,13)(H,12,14). The molecule has 0 aromatic carbocycles. The second kappa shape index (κ2) is 4.95. The Balaban J connectivity index is 2.26. The highest BCUT2D eigenvalue weighted by atomic mass is 16.2. The molecule has 0 radical (unpaired) electrons. The molecular weight excluding hydrogens is 182 g/mol. The highest BCUT2D eigenvalue weighted by Crippen LogP contribution is 2.30. The number of nitrogens with two attached hydrogens (primary N) is 1. The first kappa shape index (κ1) is 11.0. The molecule has 0 aromatic rings. The summed E-state index contributed by atoms with van der Waals surface area (Å²) in [5.74, 6) is 4.53. The lowest BCUT2D eigenvalue weighted by atomic mass is 9.98. The second-order valence-electron chi connectivity index (χ2n) is 3.85. The quantitative estimate of drug-likeness (QED) is 0.243. The van der Waals surface area contributed by atoms with Crippen LogP contribution in [0.25, 0.3) is 0 Å². The third kappa shape index (κ3) is 2.70. The molecule has 1 fully saturated rings. The van der Waals surface area contributed by atoms with Gasteiger partial charge in [-0.1, -0.05) is 19.8 Å². The molecule has 2 unspecified atom stereocenters. The molecule has 1 saturated carbocycles. The van der Waals surface area contributed by atoms with Crippen molar-refractivity contribution in [2.75, 3.05) is 6.54 Å². The van der Waals surface area contributed by atoms with Gasteiger partial charge in [-0.3, -0.25) is 15.0 Å². The number of nitrogens with one attached hydrogen (secondary N) is 2. The highest BCUT2D eigenvalue weighted by molar-refractivity contribution is 6.34. The summed E-state index contributed by atoms with van der Waals surface area (Å²) in [7, 11) is 0. The maximum Gasteiger partial charge on any atom is 0.323 e. The lowest BCUT2D eigenvalue weighted by Crippen LogP contribution is -2.44. The summed E-state index contributed by atoms with van der Waals surface area (Å²) in [6.45, 7) is 2.75. The van der Waals surface area contributed by atoms with Crippen LogP contribution >= 0.6 is 0 Å². The number of hydrazine groups is 1. The van der Waals surface area contributed by atoms with E-state index in [-0.39, 0.29) is 0 Å². The van der Waals surface area contributed by atoms with Crippen LogP contribution in [0.3, 0.4) is 0 Å². The van der Waals surface area contributed by atoms with Crippen molar-refractivity contribution in [2.24, 2.45) is 17.7 Å². The van der Waals surface area contributed by atoms with Crippen molar-refractivity contribution in [3.05, 3.63) is 0 Å². The number of rotatable bonds is 2. The molecule has 0 bridgehead atoms. The zero-order valence-electron chi connectivity index (χ0n) is 8.38. The highest BCUT2D eigenvalue weighted by Gasteiger charge is 2.24. The van der Waals surface area contributed by atoms with E-state index in [1.54, 1.807) is 5.43 Å². The van der Waals surface area contributed by atoms with Gasteiger partial charge in [0.2, 0.25) is 0 Å². The van der Waals surface area contributed by atoms with E-state index >= 15 is 0 Å². The molecule has 14 heavy (non-hydrogen) atoms. The van der Waals surface area contributed by atoms with Gasteiger partial charge in [-0.2, -0.15) is 0 Å². The molecule has 0 heterocycles. The Morgan fingerprint density at radius 1 is 1.36 bits per heavy atom. The molecule has 80 valence electrons. The van der Waals surface area contributed by atoms with Gasteiger partial charge < -0.3 is 5.32 Å². The van der Waals surface area contributed by atoms with E-state index in [0.717, 1.165) is 6.42 Å². The first-order valence-corrected chi connectivity index (χ1v) is 4.94. The molecule has 0 aliphatic heterocycles. The van der Waals surface area contributed by atoms with Crippen molar-refractivity contribution in [1.29, 1.82) is 0 Å². The van der Waals surface area contributed by atoms with Gasteiger partial charge in [0.15, 0.2) is 0 Å². The zero-order chi connectivity index (χ0) is 10.6. The predicted octanol–water partition coefficient (Wildman–Crippen LogP) is -0.471. The summed E-state index contributed by atoms with van der Waals surface area (Å²) in [5, 5.41) is 2.57. The van der Waals surface area contributed by atoms with Crippen LogP contribution in [0.4, 0.5) is 0 Å². The lowest BCUT2D eigenvalue weighted by molar-refractivity contribution is -0.139. The molecule has 1 aliphatic carbocycles. The van der Waals surface area contributed by atoms with Crippen molar-refractivity contribution in [2.45, 2.75) is 26.2 Å². The van der Waals surface area contributed by atoms with Crippen LogP contribution < -0.4 is 16.6 Å². The predicted molar refractivity (Wildman–Crippen MR) is 51.8 cm³/mol. The minimum absolute atomic E-state index is 0.504.